The van der Waals surface area contributed by atoms with Crippen LogP contribution in [0.4, 0.5) is 0 Å². The molecule has 9 heavy (non-hydrogen) atoms. The number of aliphatic hydroxyl groups is 1. The van der Waals surface area contributed by atoms with Crippen LogP contribution in [-0.2, 0) is 0 Å². The first-order valence-electron chi connectivity index (χ1n) is 3.23. The molecule has 1 N–H and O–H groups in total. The molecule has 52 valence electrons. The summed E-state index contributed by atoms with van der Waals surface area (Å²) in [6.45, 7) is 0. The first kappa shape index (κ1) is 6.78. The second-order valence-electron chi connectivity index (χ2n) is 2.69. The van der Waals surface area contributed by atoms with Crippen LogP contribution in [0.1, 0.15) is 6.42 Å². The third kappa shape index (κ3) is 1.32. The molecule has 0 spiro atoms. The summed E-state index contributed by atoms with van der Waals surface area (Å²) in [5.41, 5.74) is 0. The Hall–Kier alpha value is -0.340. The zero-order valence-electron chi connectivity index (χ0n) is 5.91. The first-order valence-corrected chi connectivity index (χ1v) is 3.23. The van der Waals surface area contributed by atoms with E-state index in [-0.39, 0.29) is 12.1 Å². The average Bonchev–Trinajstić information content (AvgIpc) is 2.13. The molecular formula is C7H13NO. The highest BCUT2D eigenvalue weighted by Crippen LogP contribution is 2.13. The highest BCUT2D eigenvalue weighted by molar-refractivity contribution is 5.06. The Bertz CT molecular complexity index is 120. The van der Waals surface area contributed by atoms with E-state index in [9.17, 15) is 5.11 Å². The number of hydrogen-bond acceptors (Lipinski definition) is 2. The van der Waals surface area contributed by atoms with Crippen LogP contribution < -0.4 is 0 Å². The van der Waals surface area contributed by atoms with Gasteiger partial charge in [-0.2, -0.15) is 0 Å². The van der Waals surface area contributed by atoms with Crippen molar-refractivity contribution in [1.82, 2.24) is 4.90 Å². The van der Waals surface area contributed by atoms with Crippen LogP contribution in [0.25, 0.3) is 0 Å². The molecule has 0 bridgehead atoms. The van der Waals surface area contributed by atoms with Crippen LogP contribution >= 0.6 is 0 Å². The summed E-state index contributed by atoms with van der Waals surface area (Å²) in [4.78, 5) is 2.02. The van der Waals surface area contributed by atoms with Crippen molar-refractivity contribution < 1.29 is 5.11 Å². The van der Waals surface area contributed by atoms with Gasteiger partial charge in [0.2, 0.25) is 0 Å². The third-order valence-corrected chi connectivity index (χ3v) is 1.70. The number of likely N-dealkylation sites (N-methyl/N-ethyl adjacent to an activating group) is 1. The minimum atomic E-state index is -0.181. The third-order valence-electron chi connectivity index (χ3n) is 1.70. The van der Waals surface area contributed by atoms with Gasteiger partial charge in [-0.3, -0.25) is 0 Å². The Balaban J connectivity index is 2.49. The number of nitrogens with zero attached hydrogens (tertiary/aromatic N) is 1. The predicted octanol–water partition coefficient (Wildman–Crippen LogP) is 0.237. The van der Waals surface area contributed by atoms with Crippen molar-refractivity contribution in [2.24, 2.45) is 0 Å². The van der Waals surface area contributed by atoms with Gasteiger partial charge in [-0.05, 0) is 20.5 Å². The highest BCUT2D eigenvalue weighted by atomic mass is 16.3. The number of aliphatic hydroxyl groups excluding tert-OH is 1. The Morgan fingerprint density at radius 1 is 1.56 bits per heavy atom. The monoisotopic (exact) mass is 127 g/mol. The fourth-order valence-corrected chi connectivity index (χ4v) is 1.14. The molecule has 0 saturated carbocycles. The standard InChI is InChI=1S/C7H13NO/c1-8(2)6-4-3-5-7(6)9/h3-4,6-7,9H,5H2,1-2H3. The summed E-state index contributed by atoms with van der Waals surface area (Å²) in [6.07, 6.45) is 4.70. The molecule has 2 atom stereocenters. The second-order valence-corrected chi connectivity index (χ2v) is 2.69. The summed E-state index contributed by atoms with van der Waals surface area (Å²) in [5.74, 6) is 0. The van der Waals surface area contributed by atoms with Crippen molar-refractivity contribution in [1.29, 1.82) is 0 Å². The molecule has 0 fully saturated rings. The molecule has 1 aliphatic rings. The van der Waals surface area contributed by atoms with Crippen LogP contribution in [0, 0.1) is 0 Å². The van der Waals surface area contributed by atoms with Crippen molar-refractivity contribution in [3.8, 4) is 0 Å². The predicted molar refractivity (Wildman–Crippen MR) is 37.2 cm³/mol. The van der Waals surface area contributed by atoms with Gasteiger partial charge in [-0.25, -0.2) is 0 Å². The van der Waals surface area contributed by atoms with Crippen molar-refractivity contribution in [3.05, 3.63) is 12.2 Å². The van der Waals surface area contributed by atoms with Crippen molar-refractivity contribution >= 4 is 0 Å². The van der Waals surface area contributed by atoms with Gasteiger partial charge >= 0.3 is 0 Å². The summed E-state index contributed by atoms with van der Waals surface area (Å²) in [6, 6.07) is 0.241. The van der Waals surface area contributed by atoms with E-state index in [2.05, 4.69) is 0 Å². The lowest BCUT2D eigenvalue weighted by Crippen LogP contribution is -2.34. The molecule has 0 aromatic rings. The van der Waals surface area contributed by atoms with E-state index in [1.807, 2.05) is 31.1 Å². The van der Waals surface area contributed by atoms with Gasteiger partial charge in [0.1, 0.15) is 0 Å². The Kier molecular flexibility index (Phi) is 1.88. The molecule has 0 radical (unpaired) electrons. The van der Waals surface area contributed by atoms with Crippen LogP contribution in [-0.4, -0.2) is 36.2 Å². The maximum atomic E-state index is 9.26. The van der Waals surface area contributed by atoms with Crippen LogP contribution in [0.3, 0.4) is 0 Å². The molecule has 0 aromatic carbocycles. The van der Waals surface area contributed by atoms with E-state index in [1.165, 1.54) is 0 Å². The lowest BCUT2D eigenvalue weighted by Gasteiger charge is -2.20. The molecule has 1 rings (SSSR count). The maximum Gasteiger partial charge on any atom is 0.0765 e. The molecule has 0 aromatic heterocycles. The lowest BCUT2D eigenvalue weighted by molar-refractivity contribution is 0.113. The summed E-state index contributed by atoms with van der Waals surface area (Å²) >= 11 is 0. The quantitative estimate of drug-likeness (QED) is 0.510. The average molecular weight is 127 g/mol. The molecule has 2 unspecified atom stereocenters. The normalized spacial score (nSPS) is 34.2. The Labute approximate surface area is 55.8 Å². The molecule has 0 amide bonds. The summed E-state index contributed by atoms with van der Waals surface area (Å²) in [5, 5.41) is 9.26. The summed E-state index contributed by atoms with van der Waals surface area (Å²) < 4.78 is 0. The van der Waals surface area contributed by atoms with Crippen molar-refractivity contribution in [2.45, 2.75) is 18.6 Å². The largest absolute Gasteiger partial charge is 0.391 e. The van der Waals surface area contributed by atoms with Gasteiger partial charge in [-0.1, -0.05) is 12.2 Å². The zero-order chi connectivity index (χ0) is 6.85. The SMILES string of the molecule is CN(C)C1C=CCC1O. The maximum absolute atomic E-state index is 9.26. The topological polar surface area (TPSA) is 23.5 Å². The number of hydrogen-bond donors (Lipinski definition) is 1. The van der Waals surface area contributed by atoms with Crippen LogP contribution in [0.2, 0.25) is 0 Å². The molecule has 2 nitrogen and oxygen atoms in total. The fraction of sp³-hybridized carbons (Fsp3) is 0.714. The smallest absolute Gasteiger partial charge is 0.0765 e. The Morgan fingerprint density at radius 3 is 2.44 bits per heavy atom. The van der Waals surface area contributed by atoms with Crippen molar-refractivity contribution in [3.63, 3.8) is 0 Å². The molecule has 2 heteroatoms. The van der Waals surface area contributed by atoms with Crippen molar-refractivity contribution in [2.75, 3.05) is 14.1 Å². The molecule has 0 heterocycles. The van der Waals surface area contributed by atoms with E-state index in [4.69, 9.17) is 0 Å². The fourth-order valence-electron chi connectivity index (χ4n) is 1.14. The minimum Gasteiger partial charge on any atom is -0.391 e. The van der Waals surface area contributed by atoms with E-state index in [0.717, 1.165) is 6.42 Å². The second kappa shape index (κ2) is 2.50. The zero-order valence-corrected chi connectivity index (χ0v) is 5.91. The number of rotatable bonds is 1. The molecule has 1 aliphatic carbocycles. The van der Waals surface area contributed by atoms with Gasteiger partial charge in [0.15, 0.2) is 0 Å². The van der Waals surface area contributed by atoms with Gasteiger partial charge in [0, 0.05) is 0 Å². The molecule has 0 saturated heterocycles. The van der Waals surface area contributed by atoms with E-state index in [1.54, 1.807) is 0 Å². The van der Waals surface area contributed by atoms with Gasteiger partial charge in [0.25, 0.3) is 0 Å². The first-order chi connectivity index (χ1) is 4.22. The van der Waals surface area contributed by atoms with E-state index in [0.29, 0.717) is 0 Å². The van der Waals surface area contributed by atoms with Gasteiger partial charge in [0.05, 0.1) is 12.1 Å². The van der Waals surface area contributed by atoms with Gasteiger partial charge < -0.3 is 10.0 Å². The van der Waals surface area contributed by atoms with Gasteiger partial charge in [-0.15, -0.1) is 0 Å². The lowest BCUT2D eigenvalue weighted by atomic mass is 10.2. The van der Waals surface area contributed by atoms with E-state index >= 15 is 0 Å². The summed E-state index contributed by atoms with van der Waals surface area (Å²) in [7, 11) is 3.95. The molecular weight excluding hydrogens is 114 g/mol. The minimum absolute atomic E-state index is 0.181. The van der Waals surface area contributed by atoms with Crippen LogP contribution in [0.15, 0.2) is 12.2 Å². The molecule has 0 aliphatic heterocycles. The van der Waals surface area contributed by atoms with Crippen LogP contribution in [0.5, 0.6) is 0 Å². The van der Waals surface area contributed by atoms with E-state index < -0.39 is 0 Å². The highest BCUT2D eigenvalue weighted by Gasteiger charge is 2.21. The Morgan fingerprint density at radius 2 is 2.22 bits per heavy atom.